The van der Waals surface area contributed by atoms with Crippen molar-refractivity contribution in [1.29, 1.82) is 0 Å². The average molecular weight is 646 g/mol. The van der Waals surface area contributed by atoms with E-state index in [1.54, 1.807) is 19.9 Å². The molecule has 1 aliphatic heterocycles. The van der Waals surface area contributed by atoms with Gasteiger partial charge in [-0.2, -0.15) is 4.98 Å². The molecule has 0 spiro atoms. The Balaban J connectivity index is 1.58. The second-order valence-electron chi connectivity index (χ2n) is 13.0. The van der Waals surface area contributed by atoms with E-state index in [1.807, 2.05) is 36.4 Å². The van der Waals surface area contributed by atoms with Crippen molar-refractivity contribution in [3.05, 3.63) is 90.0 Å². The third-order valence-electron chi connectivity index (χ3n) is 8.64. The Kier molecular flexibility index (Phi) is 9.48. The molecule has 12 heteroatoms. The molecule has 46 heavy (non-hydrogen) atoms. The van der Waals surface area contributed by atoms with Crippen molar-refractivity contribution in [3.8, 4) is 0 Å². The van der Waals surface area contributed by atoms with Crippen LogP contribution in [0, 0.1) is 5.92 Å². The number of benzene rings is 2. The molecule has 5 rings (SSSR count). The maximum atomic E-state index is 12.9. The molecule has 0 saturated carbocycles. The molecule has 0 unspecified atom stereocenters. The zero-order chi connectivity index (χ0) is 33.3. The Hall–Kier alpha value is -3.94. The number of nitrogens with one attached hydrogen (secondary N) is 2. The Labute approximate surface area is 269 Å². The molecule has 11 nitrogen and oxygen atoms in total. The van der Waals surface area contributed by atoms with Crippen LogP contribution in [0.4, 0.5) is 5.95 Å². The predicted octanol–water partition coefficient (Wildman–Crippen LogP) is 3.51. The van der Waals surface area contributed by atoms with Crippen molar-refractivity contribution >= 4 is 41.7 Å². The average Bonchev–Trinajstić information content (AvgIpc) is 3.56. The van der Waals surface area contributed by atoms with Gasteiger partial charge in [0.15, 0.2) is 17.4 Å². The van der Waals surface area contributed by atoms with Crippen molar-refractivity contribution in [2.45, 2.75) is 70.1 Å². The van der Waals surface area contributed by atoms with Crippen LogP contribution in [0.2, 0.25) is 5.04 Å². The lowest BCUT2D eigenvalue weighted by atomic mass is 9.92. The highest BCUT2D eigenvalue weighted by Gasteiger charge is 2.58. The van der Waals surface area contributed by atoms with E-state index in [1.165, 1.54) is 18.0 Å². The number of fused-ring (bicyclic) bond motifs is 1. The highest BCUT2D eigenvalue weighted by molar-refractivity contribution is 6.99. The van der Waals surface area contributed by atoms with Gasteiger partial charge in [-0.15, -0.1) is 6.58 Å². The molecule has 3 N–H and O–H groups in total. The number of H-pyrrole nitrogens is 1. The summed E-state index contributed by atoms with van der Waals surface area (Å²) in [6.45, 7) is 14.1. The molecular formula is C34H43N5O6Si. The summed E-state index contributed by atoms with van der Waals surface area (Å²) in [5.74, 6) is -0.667. The molecule has 2 aromatic heterocycles. The number of aliphatic hydroxyl groups is 1. The minimum atomic E-state index is -3.00. The van der Waals surface area contributed by atoms with Gasteiger partial charge in [0.25, 0.3) is 13.9 Å². The number of nitrogens with zero attached hydrogens (tertiary/aromatic N) is 3. The molecule has 0 radical (unpaired) electrons. The number of carbonyl (C=O) groups is 1. The Morgan fingerprint density at radius 2 is 1.78 bits per heavy atom. The van der Waals surface area contributed by atoms with Gasteiger partial charge in [-0.1, -0.05) is 101 Å². The second-order valence-corrected chi connectivity index (χ2v) is 17.4. The number of anilines is 1. The highest BCUT2D eigenvalue weighted by atomic mass is 28.4. The first kappa shape index (κ1) is 33.4. The number of hydrogen-bond acceptors (Lipinski definition) is 8. The summed E-state index contributed by atoms with van der Waals surface area (Å²) in [5.41, 5.74) is -1.52. The van der Waals surface area contributed by atoms with Gasteiger partial charge in [-0.05, 0) is 21.8 Å². The number of aromatic nitrogens is 4. The quantitative estimate of drug-likeness (QED) is 0.166. The summed E-state index contributed by atoms with van der Waals surface area (Å²) in [4.78, 5) is 36.6. The number of amides is 1. The standard InChI is InChI=1S/C34H43N5O6Si/c1-8-19-34(20-44-46(33(4,5)6,23-15-11-9-12-16-23)24-17-13-10-14-18-24)27(43-7)26(40)31(45-34)39-21-35-25-28(39)36-32(38-30(25)42)37-29(41)22(2)3/h8-18,21-22,26-27,31,40H,1,19-20H2,2-7H3,(H2,36,37,38,41,42)/t26-,27+,31-,34-/m1/s1. The van der Waals surface area contributed by atoms with E-state index in [4.69, 9.17) is 13.9 Å². The van der Waals surface area contributed by atoms with Crippen molar-refractivity contribution in [3.63, 3.8) is 0 Å². The van der Waals surface area contributed by atoms with Crippen LogP contribution in [0.15, 0.2) is 84.4 Å². The summed E-state index contributed by atoms with van der Waals surface area (Å²) < 4.78 is 21.5. The van der Waals surface area contributed by atoms with Crippen LogP contribution in [-0.2, 0) is 18.7 Å². The molecule has 1 saturated heterocycles. The zero-order valence-electron chi connectivity index (χ0n) is 27.2. The van der Waals surface area contributed by atoms with Crippen LogP contribution in [0.5, 0.6) is 0 Å². The van der Waals surface area contributed by atoms with Gasteiger partial charge in [-0.3, -0.25) is 24.5 Å². The molecule has 4 atom stereocenters. The zero-order valence-corrected chi connectivity index (χ0v) is 28.2. The number of hydrogen-bond donors (Lipinski definition) is 3. The molecule has 4 aromatic rings. The first-order chi connectivity index (χ1) is 21.9. The Bertz CT molecular complexity index is 1700. The van der Waals surface area contributed by atoms with E-state index in [2.05, 4.69) is 71.9 Å². The first-order valence-corrected chi connectivity index (χ1v) is 17.3. The Morgan fingerprint density at radius 3 is 2.30 bits per heavy atom. The van der Waals surface area contributed by atoms with Gasteiger partial charge >= 0.3 is 0 Å². The molecule has 3 heterocycles. The van der Waals surface area contributed by atoms with E-state index in [9.17, 15) is 14.7 Å². The van der Waals surface area contributed by atoms with E-state index in [-0.39, 0.29) is 40.6 Å². The third kappa shape index (κ3) is 5.87. The molecular weight excluding hydrogens is 602 g/mol. The van der Waals surface area contributed by atoms with Gasteiger partial charge in [0.2, 0.25) is 11.9 Å². The van der Waals surface area contributed by atoms with Crippen LogP contribution < -0.4 is 21.2 Å². The van der Waals surface area contributed by atoms with E-state index in [0.717, 1.165) is 10.4 Å². The molecule has 1 amide bonds. The number of imidazole rings is 1. The van der Waals surface area contributed by atoms with Gasteiger partial charge < -0.3 is 19.0 Å². The summed E-state index contributed by atoms with van der Waals surface area (Å²) in [7, 11) is -1.48. The summed E-state index contributed by atoms with van der Waals surface area (Å²) >= 11 is 0. The third-order valence-corrected chi connectivity index (χ3v) is 13.6. The number of aromatic amines is 1. The van der Waals surface area contributed by atoms with Crippen LogP contribution in [-0.4, -0.2) is 70.4 Å². The fourth-order valence-corrected chi connectivity index (χ4v) is 11.0. The summed E-state index contributed by atoms with van der Waals surface area (Å²) in [6.07, 6.45) is 0.348. The largest absolute Gasteiger partial charge is 0.404 e. The van der Waals surface area contributed by atoms with E-state index in [0.29, 0.717) is 6.42 Å². The van der Waals surface area contributed by atoms with Crippen molar-refractivity contribution in [2.24, 2.45) is 5.92 Å². The van der Waals surface area contributed by atoms with E-state index >= 15 is 0 Å². The summed E-state index contributed by atoms with van der Waals surface area (Å²) in [5, 5.41) is 16.3. The van der Waals surface area contributed by atoms with Crippen molar-refractivity contribution < 1.29 is 23.8 Å². The number of rotatable bonds is 11. The number of ether oxygens (including phenoxy) is 2. The molecule has 244 valence electrons. The minimum absolute atomic E-state index is 0.0268. The molecule has 0 aliphatic carbocycles. The lowest BCUT2D eigenvalue weighted by molar-refractivity contribution is -0.128. The second kappa shape index (κ2) is 13.0. The molecule has 2 aromatic carbocycles. The molecule has 1 aliphatic rings. The van der Waals surface area contributed by atoms with Gasteiger partial charge in [-0.25, -0.2) is 4.98 Å². The number of aliphatic hydroxyl groups excluding tert-OH is 1. The maximum absolute atomic E-state index is 12.9. The predicted molar refractivity (Wildman–Crippen MR) is 180 cm³/mol. The van der Waals surface area contributed by atoms with Gasteiger partial charge in [0.1, 0.15) is 17.8 Å². The minimum Gasteiger partial charge on any atom is -0.404 e. The maximum Gasteiger partial charge on any atom is 0.280 e. The lowest BCUT2D eigenvalue weighted by Crippen LogP contribution is -2.68. The van der Waals surface area contributed by atoms with Crippen molar-refractivity contribution in [2.75, 3.05) is 19.0 Å². The molecule has 1 fully saturated rings. The highest BCUT2D eigenvalue weighted by Crippen LogP contribution is 2.44. The normalized spacial score (nSPS) is 22.0. The van der Waals surface area contributed by atoms with Crippen LogP contribution in [0.25, 0.3) is 11.2 Å². The Morgan fingerprint density at radius 1 is 1.17 bits per heavy atom. The van der Waals surface area contributed by atoms with E-state index < -0.39 is 37.9 Å². The van der Waals surface area contributed by atoms with Crippen molar-refractivity contribution in [1.82, 2.24) is 19.5 Å². The van der Waals surface area contributed by atoms with Crippen LogP contribution >= 0.6 is 0 Å². The topological polar surface area (TPSA) is 141 Å². The van der Waals surface area contributed by atoms with Crippen LogP contribution in [0.3, 0.4) is 0 Å². The van der Waals surface area contributed by atoms with Gasteiger partial charge in [0, 0.05) is 13.0 Å². The first-order valence-electron chi connectivity index (χ1n) is 15.4. The number of carbonyl (C=O) groups excluding carboxylic acids is 1. The summed E-state index contributed by atoms with van der Waals surface area (Å²) in [6, 6.07) is 20.5. The molecule has 0 bridgehead atoms. The SMILES string of the molecule is C=CC[C@]1(CO[Si](c2ccccc2)(c2ccccc2)C(C)(C)C)O[C@@H](n2cnc3c(=O)[nH]c(NC(=O)C(C)C)nc32)[C@H](O)[C@@H]1OC. The smallest absolute Gasteiger partial charge is 0.280 e. The monoisotopic (exact) mass is 645 g/mol. The fraction of sp³-hybridized carbons (Fsp3) is 0.412. The van der Waals surface area contributed by atoms with Gasteiger partial charge in [0.05, 0.1) is 12.9 Å². The van der Waals surface area contributed by atoms with Crippen LogP contribution in [0.1, 0.15) is 47.3 Å². The fourth-order valence-electron chi connectivity index (χ4n) is 6.42. The number of methoxy groups -OCH3 is 1. The lowest BCUT2D eigenvalue weighted by Gasteiger charge is -2.45.